The van der Waals surface area contributed by atoms with Gasteiger partial charge in [0.1, 0.15) is 7.05 Å². The molecule has 0 fully saturated rings. The summed E-state index contributed by atoms with van der Waals surface area (Å²) < 4.78 is 2.16. The molecule has 22 heavy (non-hydrogen) atoms. The molecule has 3 aromatic rings. The fourth-order valence-corrected chi connectivity index (χ4v) is 2.60. The molecule has 2 heteroatoms. The van der Waals surface area contributed by atoms with Crippen LogP contribution < -0.4 is 9.47 Å². The number of fused-ring (bicyclic) bond motifs is 1. The predicted molar refractivity (Wildman–Crippen MR) is 94.8 cm³/mol. The number of aromatic nitrogens is 1. The highest BCUT2D eigenvalue weighted by Crippen LogP contribution is 2.18. The third kappa shape index (κ3) is 2.86. The molecule has 0 unspecified atom stereocenters. The molecule has 0 saturated carbocycles. The lowest BCUT2D eigenvalue weighted by Gasteiger charge is -2.11. The maximum absolute atomic E-state index is 2.19. The van der Waals surface area contributed by atoms with Crippen LogP contribution in [0.2, 0.25) is 0 Å². The average Bonchev–Trinajstić information content (AvgIpc) is 2.54. The van der Waals surface area contributed by atoms with E-state index < -0.39 is 0 Å². The molecule has 0 atom stereocenters. The van der Waals surface area contributed by atoms with Crippen LogP contribution in [0.4, 0.5) is 5.69 Å². The van der Waals surface area contributed by atoms with Gasteiger partial charge in [0.05, 0.1) is 5.39 Å². The third-order valence-electron chi connectivity index (χ3n) is 3.94. The number of rotatable bonds is 3. The maximum atomic E-state index is 2.19. The Bertz CT molecular complexity index is 815. The lowest BCUT2D eigenvalue weighted by molar-refractivity contribution is -0.671. The predicted octanol–water partition coefficient (Wildman–Crippen LogP) is 3.90. The summed E-state index contributed by atoms with van der Waals surface area (Å²) in [7, 11) is 6.20. The van der Waals surface area contributed by atoms with Gasteiger partial charge in [-0.3, -0.25) is 0 Å². The molecular formula is C20H21N2+. The normalized spacial score (nSPS) is 11.2. The Labute approximate surface area is 131 Å². The monoisotopic (exact) mass is 289 g/mol. The molecule has 0 aliphatic heterocycles. The van der Waals surface area contributed by atoms with Gasteiger partial charge >= 0.3 is 0 Å². The van der Waals surface area contributed by atoms with Crippen molar-refractivity contribution in [1.82, 2.24) is 0 Å². The largest absolute Gasteiger partial charge is 0.378 e. The topological polar surface area (TPSA) is 7.12 Å². The molecule has 110 valence electrons. The highest BCUT2D eigenvalue weighted by atomic mass is 15.1. The Morgan fingerprint density at radius 1 is 0.864 bits per heavy atom. The molecule has 0 aliphatic rings. The molecule has 2 nitrogen and oxygen atoms in total. The maximum Gasteiger partial charge on any atom is 0.212 e. The van der Waals surface area contributed by atoms with Crippen LogP contribution in [0.15, 0.2) is 60.8 Å². The highest BCUT2D eigenvalue weighted by molar-refractivity contribution is 5.89. The van der Waals surface area contributed by atoms with Crippen LogP contribution in [0.5, 0.6) is 0 Å². The van der Waals surface area contributed by atoms with Gasteiger partial charge in [-0.05, 0) is 35.2 Å². The van der Waals surface area contributed by atoms with Gasteiger partial charge < -0.3 is 4.90 Å². The van der Waals surface area contributed by atoms with Crippen LogP contribution in [0.25, 0.3) is 22.9 Å². The van der Waals surface area contributed by atoms with Crippen molar-refractivity contribution in [1.29, 1.82) is 0 Å². The van der Waals surface area contributed by atoms with E-state index in [9.17, 15) is 0 Å². The molecule has 1 aromatic heterocycles. The summed E-state index contributed by atoms with van der Waals surface area (Å²) in [5.41, 5.74) is 3.64. The number of aryl methyl sites for hydroxylation is 1. The summed E-state index contributed by atoms with van der Waals surface area (Å²) >= 11 is 0. The zero-order valence-electron chi connectivity index (χ0n) is 13.3. The smallest absolute Gasteiger partial charge is 0.212 e. The molecule has 0 N–H and O–H groups in total. The summed E-state index contributed by atoms with van der Waals surface area (Å²) in [6, 6.07) is 19.2. The Kier molecular flexibility index (Phi) is 3.92. The fraction of sp³-hybridized carbons (Fsp3) is 0.150. The van der Waals surface area contributed by atoms with Gasteiger partial charge in [-0.25, -0.2) is 4.57 Å². The van der Waals surface area contributed by atoms with Crippen LogP contribution >= 0.6 is 0 Å². The Hall–Kier alpha value is -2.61. The minimum Gasteiger partial charge on any atom is -0.378 e. The quantitative estimate of drug-likeness (QED) is 0.663. The zero-order chi connectivity index (χ0) is 15.5. The number of hydrogen-bond acceptors (Lipinski definition) is 1. The molecule has 0 aliphatic carbocycles. The Morgan fingerprint density at radius 3 is 2.32 bits per heavy atom. The molecule has 2 aromatic carbocycles. The van der Waals surface area contributed by atoms with E-state index in [0.717, 1.165) is 0 Å². The van der Waals surface area contributed by atoms with Crippen molar-refractivity contribution in [3.05, 3.63) is 72.1 Å². The standard InChI is InChI=1S/C20H21N2/c1-21(2)18-11-8-16(9-12-18)10-13-20-19-7-5-4-6-17(19)14-15-22(20)3/h4-15H,1-3H3/q+1. The molecule has 3 rings (SSSR count). The van der Waals surface area contributed by atoms with Gasteiger partial charge in [-0.1, -0.05) is 30.3 Å². The van der Waals surface area contributed by atoms with Crippen molar-refractivity contribution in [3.63, 3.8) is 0 Å². The number of benzene rings is 2. The molecular weight excluding hydrogens is 268 g/mol. The molecule has 0 bridgehead atoms. The summed E-state index contributed by atoms with van der Waals surface area (Å²) in [6.45, 7) is 0. The number of pyridine rings is 1. The second-order valence-electron chi connectivity index (χ2n) is 5.72. The Balaban J connectivity index is 1.97. The van der Waals surface area contributed by atoms with E-state index in [0.29, 0.717) is 0 Å². The van der Waals surface area contributed by atoms with Crippen LogP contribution in [-0.2, 0) is 7.05 Å². The van der Waals surface area contributed by atoms with E-state index >= 15 is 0 Å². The number of hydrogen-bond donors (Lipinski definition) is 0. The van der Waals surface area contributed by atoms with Crippen molar-refractivity contribution in [2.45, 2.75) is 0 Å². The molecule has 1 heterocycles. The van der Waals surface area contributed by atoms with Crippen LogP contribution in [0.1, 0.15) is 11.3 Å². The van der Waals surface area contributed by atoms with Crippen LogP contribution in [0, 0.1) is 0 Å². The molecule has 0 radical (unpaired) electrons. The highest BCUT2D eigenvalue weighted by Gasteiger charge is 2.08. The van der Waals surface area contributed by atoms with E-state index in [4.69, 9.17) is 0 Å². The van der Waals surface area contributed by atoms with Crippen molar-refractivity contribution in [2.24, 2.45) is 7.05 Å². The van der Waals surface area contributed by atoms with Crippen LogP contribution in [-0.4, -0.2) is 14.1 Å². The van der Waals surface area contributed by atoms with E-state index in [2.05, 4.69) is 104 Å². The lowest BCUT2D eigenvalue weighted by Crippen LogP contribution is -2.31. The second-order valence-corrected chi connectivity index (χ2v) is 5.72. The SMILES string of the molecule is CN(C)c1ccc(C=Cc2c3ccccc3cc[n+]2C)cc1. The van der Waals surface area contributed by atoms with E-state index in [1.54, 1.807) is 0 Å². The van der Waals surface area contributed by atoms with Gasteiger partial charge in [0, 0.05) is 31.9 Å². The van der Waals surface area contributed by atoms with Crippen molar-refractivity contribution >= 4 is 28.6 Å². The number of nitrogens with zero attached hydrogens (tertiary/aromatic N) is 2. The lowest BCUT2D eigenvalue weighted by atomic mass is 10.1. The van der Waals surface area contributed by atoms with E-state index in [1.165, 1.54) is 27.7 Å². The molecule has 0 saturated heterocycles. The van der Waals surface area contributed by atoms with Crippen molar-refractivity contribution < 1.29 is 4.57 Å². The first-order valence-electron chi connectivity index (χ1n) is 7.48. The first kappa shape index (κ1) is 14.3. The molecule has 0 spiro atoms. The van der Waals surface area contributed by atoms with Crippen LogP contribution in [0.3, 0.4) is 0 Å². The summed E-state index contributed by atoms with van der Waals surface area (Å²) in [6.07, 6.45) is 6.46. The summed E-state index contributed by atoms with van der Waals surface area (Å²) in [5, 5.41) is 2.54. The molecule has 0 amide bonds. The minimum absolute atomic E-state index is 1.21. The van der Waals surface area contributed by atoms with Gasteiger partial charge in [0.15, 0.2) is 6.20 Å². The van der Waals surface area contributed by atoms with Gasteiger partial charge in [0.2, 0.25) is 5.69 Å². The first-order valence-corrected chi connectivity index (χ1v) is 7.48. The minimum atomic E-state index is 1.21. The van der Waals surface area contributed by atoms with Gasteiger partial charge in [-0.15, -0.1) is 0 Å². The second kappa shape index (κ2) is 6.02. The first-order chi connectivity index (χ1) is 10.6. The number of anilines is 1. The van der Waals surface area contributed by atoms with E-state index in [-0.39, 0.29) is 0 Å². The summed E-state index contributed by atoms with van der Waals surface area (Å²) in [5.74, 6) is 0. The average molecular weight is 289 g/mol. The fourth-order valence-electron chi connectivity index (χ4n) is 2.60. The Morgan fingerprint density at radius 2 is 1.59 bits per heavy atom. The van der Waals surface area contributed by atoms with Crippen molar-refractivity contribution in [2.75, 3.05) is 19.0 Å². The van der Waals surface area contributed by atoms with Gasteiger partial charge in [-0.2, -0.15) is 0 Å². The summed E-state index contributed by atoms with van der Waals surface area (Å²) in [4.78, 5) is 2.11. The zero-order valence-corrected chi connectivity index (χ0v) is 13.3. The van der Waals surface area contributed by atoms with E-state index in [1.807, 2.05) is 0 Å². The third-order valence-corrected chi connectivity index (χ3v) is 3.94. The van der Waals surface area contributed by atoms with Gasteiger partial charge in [0.25, 0.3) is 0 Å². The van der Waals surface area contributed by atoms with Crippen molar-refractivity contribution in [3.8, 4) is 0 Å².